The van der Waals surface area contributed by atoms with Crippen LogP contribution in [0.4, 0.5) is 0 Å². The van der Waals surface area contributed by atoms with Gasteiger partial charge >= 0.3 is 0 Å². The third kappa shape index (κ3) is 2.49. The van der Waals surface area contributed by atoms with Crippen molar-refractivity contribution in [2.45, 2.75) is 13.3 Å². The van der Waals surface area contributed by atoms with Gasteiger partial charge in [-0.1, -0.05) is 19.6 Å². The summed E-state index contributed by atoms with van der Waals surface area (Å²) in [6, 6.07) is 0. The highest BCUT2D eigenvalue weighted by Gasteiger charge is 2.09. The maximum atomic E-state index is 11.0. The van der Waals surface area contributed by atoms with Gasteiger partial charge < -0.3 is 5.32 Å². The van der Waals surface area contributed by atoms with Gasteiger partial charge in [-0.15, -0.1) is 6.58 Å². The van der Waals surface area contributed by atoms with E-state index in [1.165, 1.54) is 6.20 Å². The number of carbonyl (C=O) groups excluding carboxylic acids is 1. The number of nitrogens with one attached hydrogen (secondary N) is 1. The smallest absolute Gasteiger partial charge is 0.230 e. The van der Waals surface area contributed by atoms with Gasteiger partial charge in [-0.05, 0) is 12.6 Å². The number of hydrogen-bond acceptors (Lipinski definition) is 1. The summed E-state index contributed by atoms with van der Waals surface area (Å²) in [5.41, 5.74) is 0. The lowest BCUT2D eigenvalue weighted by Crippen LogP contribution is -2.24. The van der Waals surface area contributed by atoms with Crippen LogP contribution in [0.3, 0.4) is 0 Å². The van der Waals surface area contributed by atoms with Crippen molar-refractivity contribution in [1.29, 1.82) is 0 Å². The molecule has 0 fully saturated rings. The molecule has 1 unspecified atom stereocenters. The lowest BCUT2D eigenvalue weighted by molar-refractivity contribution is -0.122. The second-order valence-electron chi connectivity index (χ2n) is 1.96. The minimum absolute atomic E-state index is 0.0347. The Balaban J connectivity index is 3.87. The monoisotopic (exact) mass is 139 g/mol. The van der Waals surface area contributed by atoms with E-state index in [0.29, 0.717) is 0 Å². The average Bonchev–Trinajstić information content (AvgIpc) is 1.91. The quantitative estimate of drug-likeness (QED) is 0.587. The van der Waals surface area contributed by atoms with Gasteiger partial charge in [0.05, 0.1) is 5.92 Å². The summed E-state index contributed by atoms with van der Waals surface area (Å²) in [6.07, 6.45) is 3.80. The summed E-state index contributed by atoms with van der Waals surface area (Å²) in [6.45, 7) is 8.86. The second-order valence-corrected chi connectivity index (χ2v) is 1.96. The van der Waals surface area contributed by atoms with Gasteiger partial charge in [0.1, 0.15) is 0 Å². The molecule has 0 aromatic heterocycles. The van der Waals surface area contributed by atoms with E-state index in [-0.39, 0.29) is 11.8 Å². The van der Waals surface area contributed by atoms with Crippen molar-refractivity contribution in [2.75, 3.05) is 0 Å². The number of amides is 1. The summed E-state index contributed by atoms with van der Waals surface area (Å²) >= 11 is 0. The number of rotatable bonds is 4. The third-order valence-electron chi connectivity index (χ3n) is 1.31. The van der Waals surface area contributed by atoms with Crippen molar-refractivity contribution in [3.05, 3.63) is 25.4 Å². The van der Waals surface area contributed by atoms with Crippen LogP contribution in [-0.4, -0.2) is 5.91 Å². The summed E-state index contributed by atoms with van der Waals surface area (Å²) in [5, 5.41) is 2.50. The molecule has 0 spiro atoms. The zero-order valence-corrected chi connectivity index (χ0v) is 6.26. The van der Waals surface area contributed by atoms with Crippen molar-refractivity contribution in [1.82, 2.24) is 5.32 Å². The Morgan fingerprint density at radius 1 is 1.70 bits per heavy atom. The molecule has 0 aliphatic heterocycles. The molecule has 1 atom stereocenters. The maximum absolute atomic E-state index is 11.0. The van der Waals surface area contributed by atoms with Crippen molar-refractivity contribution >= 4 is 5.91 Å². The highest BCUT2D eigenvalue weighted by molar-refractivity contribution is 5.80. The molecule has 0 saturated carbocycles. The van der Waals surface area contributed by atoms with Crippen LogP contribution in [0.25, 0.3) is 0 Å². The first-order valence-corrected chi connectivity index (χ1v) is 3.30. The Bertz CT molecular complexity index is 140. The summed E-state index contributed by atoms with van der Waals surface area (Å²) in [4.78, 5) is 11.0. The topological polar surface area (TPSA) is 29.1 Å². The van der Waals surface area contributed by atoms with E-state index in [1.54, 1.807) is 6.08 Å². The molecule has 0 heterocycles. The highest BCUT2D eigenvalue weighted by Crippen LogP contribution is 2.02. The fraction of sp³-hybridized carbons (Fsp3) is 0.375. The summed E-state index contributed by atoms with van der Waals surface area (Å²) < 4.78 is 0. The Morgan fingerprint density at radius 3 is 2.60 bits per heavy atom. The molecule has 2 nitrogen and oxygen atoms in total. The van der Waals surface area contributed by atoms with Gasteiger partial charge in [-0.2, -0.15) is 0 Å². The van der Waals surface area contributed by atoms with Gasteiger partial charge in [0.25, 0.3) is 0 Å². The van der Waals surface area contributed by atoms with Gasteiger partial charge in [0.15, 0.2) is 0 Å². The van der Waals surface area contributed by atoms with Crippen LogP contribution in [0.15, 0.2) is 25.4 Å². The van der Waals surface area contributed by atoms with Gasteiger partial charge in [-0.3, -0.25) is 4.79 Å². The van der Waals surface area contributed by atoms with Crippen molar-refractivity contribution in [3.8, 4) is 0 Å². The Kier molecular flexibility index (Phi) is 4.29. The van der Waals surface area contributed by atoms with Crippen LogP contribution in [0.2, 0.25) is 0 Å². The SMILES string of the molecule is C=CNC(=O)C(C=C)CC. The minimum atomic E-state index is -0.0852. The predicted octanol–water partition coefficient (Wildman–Crippen LogP) is 1.46. The lowest BCUT2D eigenvalue weighted by Gasteiger charge is -2.06. The van der Waals surface area contributed by atoms with E-state index in [9.17, 15) is 4.79 Å². The zero-order chi connectivity index (χ0) is 7.98. The normalized spacial score (nSPS) is 11.7. The molecule has 0 aromatic rings. The predicted molar refractivity (Wildman–Crippen MR) is 42.3 cm³/mol. The molecule has 2 heteroatoms. The van der Waals surface area contributed by atoms with Crippen molar-refractivity contribution in [3.63, 3.8) is 0 Å². The molecule has 0 rings (SSSR count). The highest BCUT2D eigenvalue weighted by atomic mass is 16.1. The van der Waals surface area contributed by atoms with Crippen LogP contribution in [-0.2, 0) is 4.79 Å². The molecule has 1 N–H and O–H groups in total. The molecule has 1 amide bonds. The van der Waals surface area contributed by atoms with Gasteiger partial charge in [0.2, 0.25) is 5.91 Å². The molecule has 0 bridgehead atoms. The molecule has 10 heavy (non-hydrogen) atoms. The first kappa shape index (κ1) is 8.95. The van der Waals surface area contributed by atoms with Crippen LogP contribution in [0.5, 0.6) is 0 Å². The van der Waals surface area contributed by atoms with E-state index in [4.69, 9.17) is 0 Å². The number of carbonyl (C=O) groups is 1. The fourth-order valence-electron chi connectivity index (χ4n) is 0.667. The molecule has 0 saturated heterocycles. The summed E-state index contributed by atoms with van der Waals surface area (Å²) in [5.74, 6) is -0.120. The largest absolute Gasteiger partial charge is 0.333 e. The van der Waals surface area contributed by atoms with Crippen molar-refractivity contribution < 1.29 is 4.79 Å². The first-order valence-electron chi connectivity index (χ1n) is 3.30. The second kappa shape index (κ2) is 4.79. The molecule has 0 aliphatic rings. The van der Waals surface area contributed by atoms with E-state index in [1.807, 2.05) is 6.92 Å². The van der Waals surface area contributed by atoms with E-state index in [0.717, 1.165) is 6.42 Å². The minimum Gasteiger partial charge on any atom is -0.333 e. The molecular weight excluding hydrogens is 126 g/mol. The van der Waals surface area contributed by atoms with Crippen LogP contribution in [0, 0.1) is 5.92 Å². The lowest BCUT2D eigenvalue weighted by atomic mass is 10.1. The van der Waals surface area contributed by atoms with E-state index in [2.05, 4.69) is 18.5 Å². The zero-order valence-electron chi connectivity index (χ0n) is 6.26. The van der Waals surface area contributed by atoms with Crippen molar-refractivity contribution in [2.24, 2.45) is 5.92 Å². The Labute approximate surface area is 61.6 Å². The van der Waals surface area contributed by atoms with Gasteiger partial charge in [0, 0.05) is 0 Å². The maximum Gasteiger partial charge on any atom is 0.230 e. The van der Waals surface area contributed by atoms with Crippen LogP contribution >= 0.6 is 0 Å². The molecule has 0 radical (unpaired) electrons. The van der Waals surface area contributed by atoms with E-state index >= 15 is 0 Å². The Morgan fingerprint density at radius 2 is 2.30 bits per heavy atom. The Hall–Kier alpha value is -1.05. The molecule has 0 aliphatic carbocycles. The average molecular weight is 139 g/mol. The fourth-order valence-corrected chi connectivity index (χ4v) is 0.667. The molecule has 0 aromatic carbocycles. The summed E-state index contributed by atoms with van der Waals surface area (Å²) in [7, 11) is 0. The molecular formula is C8H13NO. The molecule has 56 valence electrons. The van der Waals surface area contributed by atoms with Crippen LogP contribution in [0.1, 0.15) is 13.3 Å². The first-order chi connectivity index (χ1) is 4.76. The van der Waals surface area contributed by atoms with Gasteiger partial charge in [-0.25, -0.2) is 0 Å². The third-order valence-corrected chi connectivity index (χ3v) is 1.31. The van der Waals surface area contributed by atoms with E-state index < -0.39 is 0 Å². The van der Waals surface area contributed by atoms with Crippen LogP contribution < -0.4 is 5.32 Å². The number of hydrogen-bond donors (Lipinski definition) is 1. The standard InChI is InChI=1S/C8H13NO/c1-4-7(5-2)8(10)9-6-3/h4,6-7H,1,3,5H2,2H3,(H,9,10).